The molecule has 0 unspecified atom stereocenters. The second-order valence-corrected chi connectivity index (χ2v) is 4.56. The first-order valence-electron chi connectivity index (χ1n) is 5.75. The van der Waals surface area contributed by atoms with E-state index in [4.69, 9.17) is 11.6 Å². The highest BCUT2D eigenvalue weighted by Gasteiger charge is 2.34. The lowest BCUT2D eigenvalue weighted by molar-refractivity contribution is -0.136. The Labute approximate surface area is 113 Å². The molecule has 102 valence electrons. The zero-order chi connectivity index (χ0) is 14.2. The van der Waals surface area contributed by atoms with Crippen LogP contribution in [0, 0.1) is 0 Å². The molecule has 0 bridgehead atoms. The van der Waals surface area contributed by atoms with Crippen LogP contribution in [-0.4, -0.2) is 12.0 Å². The highest BCUT2D eigenvalue weighted by atomic mass is 35.5. The summed E-state index contributed by atoms with van der Waals surface area (Å²) in [6.07, 6.45) is -3.80. The maximum atomic E-state index is 13.0. The summed E-state index contributed by atoms with van der Waals surface area (Å²) >= 11 is 5.76. The minimum atomic E-state index is -4.48. The molecule has 1 aromatic heterocycles. The van der Waals surface area contributed by atoms with Gasteiger partial charge in [-0.1, -0.05) is 18.5 Å². The van der Waals surface area contributed by atoms with Crippen molar-refractivity contribution in [3.8, 4) is 0 Å². The van der Waals surface area contributed by atoms with E-state index >= 15 is 0 Å². The van der Waals surface area contributed by atoms with Crippen LogP contribution >= 0.6 is 11.6 Å². The predicted molar refractivity (Wildman–Crippen MR) is 70.7 cm³/mol. The summed E-state index contributed by atoms with van der Waals surface area (Å²) in [7, 11) is 1.64. The summed E-state index contributed by atoms with van der Waals surface area (Å²) in [6, 6.07) is 4.09. The first-order chi connectivity index (χ1) is 8.86. The fourth-order valence-corrected chi connectivity index (χ4v) is 2.22. The largest absolute Gasteiger partial charge is 0.418 e. The molecule has 0 fully saturated rings. The van der Waals surface area contributed by atoms with Crippen LogP contribution in [0.1, 0.15) is 18.1 Å². The van der Waals surface area contributed by atoms with E-state index in [9.17, 15) is 13.2 Å². The van der Waals surface area contributed by atoms with Gasteiger partial charge in [0.05, 0.1) is 11.1 Å². The molecule has 0 aliphatic heterocycles. The average Bonchev–Trinajstić information content (AvgIpc) is 2.34. The zero-order valence-corrected chi connectivity index (χ0v) is 11.2. The third-order valence-electron chi connectivity index (χ3n) is 2.88. The molecule has 2 nitrogen and oxygen atoms in total. The average molecular weight is 289 g/mol. The normalized spacial score (nSPS) is 11.9. The van der Waals surface area contributed by atoms with Gasteiger partial charge in [-0.15, -0.1) is 0 Å². The summed E-state index contributed by atoms with van der Waals surface area (Å²) in [5.74, 6) is 0.461. The summed E-state index contributed by atoms with van der Waals surface area (Å²) in [4.78, 5) is 4.08. The van der Waals surface area contributed by atoms with Gasteiger partial charge in [0, 0.05) is 17.5 Å². The van der Waals surface area contributed by atoms with Gasteiger partial charge in [0.1, 0.15) is 5.82 Å². The number of hydrogen-bond donors (Lipinski definition) is 1. The molecular formula is C13H12ClF3N2. The van der Waals surface area contributed by atoms with Crippen molar-refractivity contribution in [2.24, 2.45) is 0 Å². The second kappa shape index (κ2) is 4.89. The van der Waals surface area contributed by atoms with Crippen LogP contribution in [0.5, 0.6) is 0 Å². The van der Waals surface area contributed by atoms with Crippen molar-refractivity contribution in [3.63, 3.8) is 0 Å². The number of nitrogens with one attached hydrogen (secondary N) is 1. The van der Waals surface area contributed by atoms with Gasteiger partial charge in [-0.05, 0) is 30.2 Å². The van der Waals surface area contributed by atoms with Crippen LogP contribution in [0.3, 0.4) is 0 Å². The predicted octanol–water partition coefficient (Wildman–Crippen LogP) is 4.51. The standard InChI is InChI=1S/C13H12ClF3N2/c1-3-7-4-8-5-9(14)6-10(13(15,16)17)11(8)19-12(7)18-2/h4-6H,3H2,1-2H3,(H,18,19). The number of fused-ring (bicyclic) bond motifs is 1. The molecule has 0 aliphatic rings. The van der Waals surface area contributed by atoms with Crippen LogP contribution in [0.15, 0.2) is 18.2 Å². The van der Waals surface area contributed by atoms with Gasteiger partial charge in [0.25, 0.3) is 0 Å². The Morgan fingerprint density at radius 2 is 1.95 bits per heavy atom. The number of hydrogen-bond acceptors (Lipinski definition) is 2. The molecule has 0 saturated carbocycles. The molecule has 6 heteroatoms. The van der Waals surface area contributed by atoms with Gasteiger partial charge in [-0.25, -0.2) is 4.98 Å². The molecule has 1 N–H and O–H groups in total. The molecule has 1 heterocycles. The van der Waals surface area contributed by atoms with Crippen LogP contribution in [0.25, 0.3) is 10.9 Å². The molecule has 0 spiro atoms. The summed E-state index contributed by atoms with van der Waals surface area (Å²) in [5, 5.41) is 3.28. The van der Waals surface area contributed by atoms with E-state index in [0.29, 0.717) is 17.6 Å². The number of aryl methyl sites for hydroxylation is 1. The van der Waals surface area contributed by atoms with E-state index in [1.807, 2.05) is 6.92 Å². The fraction of sp³-hybridized carbons (Fsp3) is 0.308. The fourth-order valence-electron chi connectivity index (χ4n) is 2.00. The lowest BCUT2D eigenvalue weighted by Crippen LogP contribution is -2.08. The SMILES string of the molecule is CCc1cc2cc(Cl)cc(C(F)(F)F)c2nc1NC. The van der Waals surface area contributed by atoms with Crippen LogP contribution < -0.4 is 5.32 Å². The number of alkyl halides is 3. The van der Waals surface area contributed by atoms with Crippen LogP contribution in [-0.2, 0) is 12.6 Å². The molecule has 19 heavy (non-hydrogen) atoms. The van der Waals surface area contributed by atoms with Gasteiger partial charge < -0.3 is 5.32 Å². The van der Waals surface area contributed by atoms with E-state index < -0.39 is 11.7 Å². The van der Waals surface area contributed by atoms with Gasteiger partial charge in [-0.2, -0.15) is 13.2 Å². The van der Waals surface area contributed by atoms with Crippen molar-refractivity contribution in [3.05, 3.63) is 34.3 Å². The number of rotatable bonds is 2. The van der Waals surface area contributed by atoms with Gasteiger partial charge in [-0.3, -0.25) is 0 Å². The van der Waals surface area contributed by atoms with Gasteiger partial charge in [0.15, 0.2) is 0 Å². The van der Waals surface area contributed by atoms with Crippen LogP contribution in [0.4, 0.5) is 19.0 Å². The number of nitrogens with zero attached hydrogens (tertiary/aromatic N) is 1. The smallest absolute Gasteiger partial charge is 0.373 e. The zero-order valence-electron chi connectivity index (χ0n) is 10.4. The van der Waals surface area contributed by atoms with Crippen molar-refractivity contribution in [2.75, 3.05) is 12.4 Å². The molecule has 1 aromatic carbocycles. The van der Waals surface area contributed by atoms with Crippen molar-refractivity contribution in [1.82, 2.24) is 4.98 Å². The Balaban J connectivity index is 2.83. The molecule has 0 radical (unpaired) electrons. The van der Waals surface area contributed by atoms with E-state index in [1.165, 1.54) is 6.07 Å². The van der Waals surface area contributed by atoms with Crippen molar-refractivity contribution >= 4 is 28.3 Å². The minimum Gasteiger partial charge on any atom is -0.373 e. The third kappa shape index (κ3) is 2.61. The molecule has 2 aromatic rings. The summed E-state index contributed by atoms with van der Waals surface area (Å²) in [5.41, 5.74) is -0.0435. The minimum absolute atomic E-state index is 0.0564. The molecule has 2 rings (SSSR count). The van der Waals surface area contributed by atoms with E-state index in [-0.39, 0.29) is 10.5 Å². The maximum Gasteiger partial charge on any atom is 0.418 e. The third-order valence-corrected chi connectivity index (χ3v) is 3.10. The monoisotopic (exact) mass is 288 g/mol. The van der Waals surface area contributed by atoms with E-state index in [1.54, 1.807) is 13.1 Å². The van der Waals surface area contributed by atoms with Gasteiger partial charge >= 0.3 is 6.18 Å². The molecular weight excluding hydrogens is 277 g/mol. The number of benzene rings is 1. The quantitative estimate of drug-likeness (QED) is 0.879. The first kappa shape index (κ1) is 13.9. The number of halogens is 4. The van der Waals surface area contributed by atoms with Crippen molar-refractivity contribution in [2.45, 2.75) is 19.5 Å². The topological polar surface area (TPSA) is 24.9 Å². The molecule has 0 amide bonds. The Morgan fingerprint density at radius 3 is 2.47 bits per heavy atom. The number of aromatic nitrogens is 1. The van der Waals surface area contributed by atoms with E-state index in [2.05, 4.69) is 10.3 Å². The lowest BCUT2D eigenvalue weighted by Gasteiger charge is -2.14. The molecule has 0 atom stereocenters. The summed E-state index contributed by atoms with van der Waals surface area (Å²) < 4.78 is 39.0. The Hall–Kier alpha value is -1.49. The summed E-state index contributed by atoms with van der Waals surface area (Å²) in [6.45, 7) is 1.92. The van der Waals surface area contributed by atoms with Crippen LogP contribution in [0.2, 0.25) is 5.02 Å². The Morgan fingerprint density at radius 1 is 1.26 bits per heavy atom. The first-order valence-corrected chi connectivity index (χ1v) is 6.12. The molecule has 0 saturated heterocycles. The van der Waals surface area contributed by atoms with Gasteiger partial charge in [0.2, 0.25) is 0 Å². The van der Waals surface area contributed by atoms with Crippen molar-refractivity contribution in [1.29, 1.82) is 0 Å². The van der Waals surface area contributed by atoms with E-state index in [0.717, 1.165) is 11.6 Å². The Kier molecular flexibility index (Phi) is 3.58. The number of pyridine rings is 1. The van der Waals surface area contributed by atoms with Crippen molar-refractivity contribution < 1.29 is 13.2 Å². The highest BCUT2D eigenvalue weighted by molar-refractivity contribution is 6.31. The lowest BCUT2D eigenvalue weighted by atomic mass is 10.1. The Bertz CT molecular complexity index is 623. The molecule has 0 aliphatic carbocycles. The second-order valence-electron chi connectivity index (χ2n) is 4.12. The maximum absolute atomic E-state index is 13.0. The number of anilines is 1. The highest BCUT2D eigenvalue weighted by Crippen LogP contribution is 2.37.